The Morgan fingerprint density at radius 2 is 2.03 bits per heavy atom. The van der Waals surface area contributed by atoms with Crippen LogP contribution in [0.25, 0.3) is 10.2 Å². The van der Waals surface area contributed by atoms with Crippen LogP contribution in [0.3, 0.4) is 0 Å². The number of nitrogens with one attached hydrogen (secondary N) is 1. The molecular weight excluding hydrogens is 400 g/mol. The summed E-state index contributed by atoms with van der Waals surface area (Å²) in [6, 6.07) is 8.28. The number of benzene rings is 1. The Morgan fingerprint density at radius 3 is 2.76 bits per heavy atom. The number of rotatable bonds is 5. The van der Waals surface area contributed by atoms with Gasteiger partial charge in [-0.3, -0.25) is 4.79 Å². The minimum absolute atomic E-state index is 0.00300. The van der Waals surface area contributed by atoms with E-state index >= 15 is 0 Å². The van der Waals surface area contributed by atoms with E-state index in [9.17, 15) is 4.79 Å². The molecule has 0 saturated heterocycles. The second-order valence-electron chi connectivity index (χ2n) is 8.87. The first-order chi connectivity index (χ1) is 13.8. The molecule has 4 nitrogen and oxygen atoms in total. The summed E-state index contributed by atoms with van der Waals surface area (Å²) in [5, 5.41) is 1.50. The zero-order valence-corrected chi connectivity index (χ0v) is 19.1. The standard InChI is InChI=1S/C23H28N2O2S2/c1-14-5-10-17-18(13-14)29-21-19(17)20(26)24-22(25-21)28-12-11-27-16-8-6-15(7-9-16)23(2,3)4/h6-9,14H,5,10-13H2,1-4H3,(H,24,25,26). The average molecular weight is 429 g/mol. The van der Waals surface area contributed by atoms with Gasteiger partial charge in [-0.1, -0.05) is 51.6 Å². The van der Waals surface area contributed by atoms with Crippen LogP contribution >= 0.6 is 23.1 Å². The van der Waals surface area contributed by atoms with Gasteiger partial charge in [-0.15, -0.1) is 11.3 Å². The smallest absolute Gasteiger partial charge is 0.260 e. The third-order valence-electron chi connectivity index (χ3n) is 5.45. The van der Waals surface area contributed by atoms with E-state index < -0.39 is 0 Å². The molecule has 2 aromatic heterocycles. The summed E-state index contributed by atoms with van der Waals surface area (Å²) in [6.07, 6.45) is 3.22. The van der Waals surface area contributed by atoms with E-state index in [1.807, 2.05) is 12.1 Å². The van der Waals surface area contributed by atoms with Crippen molar-refractivity contribution in [1.82, 2.24) is 9.97 Å². The molecule has 154 valence electrons. The Hall–Kier alpha value is -1.79. The van der Waals surface area contributed by atoms with Crippen molar-refractivity contribution in [2.45, 2.75) is 57.5 Å². The van der Waals surface area contributed by atoms with Crippen molar-refractivity contribution in [3.05, 3.63) is 50.6 Å². The van der Waals surface area contributed by atoms with Crippen LogP contribution in [0, 0.1) is 5.92 Å². The molecule has 0 bridgehead atoms. The first-order valence-corrected chi connectivity index (χ1v) is 12.0. The topological polar surface area (TPSA) is 55.0 Å². The molecule has 0 amide bonds. The summed E-state index contributed by atoms with van der Waals surface area (Å²) in [5.74, 6) is 2.30. The van der Waals surface area contributed by atoms with E-state index in [-0.39, 0.29) is 11.0 Å². The zero-order chi connectivity index (χ0) is 20.6. The number of fused-ring (bicyclic) bond motifs is 3. The molecule has 4 rings (SSSR count). The summed E-state index contributed by atoms with van der Waals surface area (Å²) in [5.41, 5.74) is 2.67. The first-order valence-electron chi connectivity index (χ1n) is 10.2. The lowest BCUT2D eigenvalue weighted by atomic mass is 9.87. The quantitative estimate of drug-likeness (QED) is 0.327. The van der Waals surface area contributed by atoms with Gasteiger partial charge in [0.05, 0.1) is 12.0 Å². The maximum absolute atomic E-state index is 12.6. The molecule has 0 spiro atoms. The molecule has 0 fully saturated rings. The van der Waals surface area contributed by atoms with Gasteiger partial charge < -0.3 is 9.72 Å². The summed E-state index contributed by atoms with van der Waals surface area (Å²) >= 11 is 3.23. The summed E-state index contributed by atoms with van der Waals surface area (Å²) in [7, 11) is 0. The third kappa shape index (κ3) is 4.53. The van der Waals surface area contributed by atoms with Crippen molar-refractivity contribution in [3.63, 3.8) is 0 Å². The Morgan fingerprint density at radius 1 is 1.28 bits per heavy atom. The second-order valence-corrected chi connectivity index (χ2v) is 11.0. The van der Waals surface area contributed by atoms with Crippen LogP contribution in [0.15, 0.2) is 34.2 Å². The normalized spacial score (nSPS) is 16.8. The van der Waals surface area contributed by atoms with E-state index in [1.54, 1.807) is 11.3 Å². The third-order valence-corrected chi connectivity index (χ3v) is 7.44. The molecule has 1 aliphatic rings. The number of H-pyrrole nitrogens is 1. The summed E-state index contributed by atoms with van der Waals surface area (Å²) in [4.78, 5) is 22.6. The molecule has 6 heteroatoms. The highest BCUT2D eigenvalue weighted by Gasteiger charge is 2.23. The van der Waals surface area contributed by atoms with Crippen molar-refractivity contribution in [1.29, 1.82) is 0 Å². The predicted molar refractivity (Wildman–Crippen MR) is 123 cm³/mol. The van der Waals surface area contributed by atoms with Crippen molar-refractivity contribution >= 4 is 33.3 Å². The van der Waals surface area contributed by atoms with Crippen LogP contribution in [0.2, 0.25) is 0 Å². The van der Waals surface area contributed by atoms with Crippen molar-refractivity contribution in [3.8, 4) is 5.75 Å². The first kappa shape index (κ1) is 20.5. The van der Waals surface area contributed by atoms with Crippen molar-refractivity contribution in [2.75, 3.05) is 12.4 Å². The van der Waals surface area contributed by atoms with Crippen LogP contribution in [0.1, 0.15) is 50.1 Å². The SMILES string of the molecule is CC1CCc2c(sc3nc(SCCOc4ccc(C(C)(C)C)cc4)[nH]c(=O)c23)C1. The van der Waals surface area contributed by atoms with Gasteiger partial charge in [0.2, 0.25) is 0 Å². The minimum atomic E-state index is 0.00300. The van der Waals surface area contributed by atoms with Crippen molar-refractivity contribution < 1.29 is 4.74 Å². The van der Waals surface area contributed by atoms with Gasteiger partial charge in [-0.05, 0) is 53.9 Å². The molecule has 1 unspecified atom stereocenters. The molecule has 2 heterocycles. The van der Waals surface area contributed by atoms with Gasteiger partial charge >= 0.3 is 0 Å². The van der Waals surface area contributed by atoms with Gasteiger partial charge in [0.15, 0.2) is 5.16 Å². The predicted octanol–water partition coefficient (Wildman–Crippen LogP) is 5.58. The van der Waals surface area contributed by atoms with Crippen molar-refractivity contribution in [2.24, 2.45) is 5.92 Å². The Bertz CT molecular complexity index is 1060. The molecule has 1 atom stereocenters. The number of thiophene rings is 1. The Kier molecular flexibility index (Phi) is 5.76. The van der Waals surface area contributed by atoms with Gasteiger partial charge in [-0.2, -0.15) is 0 Å². The number of hydrogen-bond donors (Lipinski definition) is 1. The van der Waals surface area contributed by atoms with Crippen LogP contribution in [0.5, 0.6) is 5.75 Å². The zero-order valence-electron chi connectivity index (χ0n) is 17.5. The minimum Gasteiger partial charge on any atom is -0.493 e. The number of ether oxygens (including phenoxy) is 1. The lowest BCUT2D eigenvalue weighted by Crippen LogP contribution is -2.13. The van der Waals surface area contributed by atoms with Crippen LogP contribution in [-0.2, 0) is 18.3 Å². The highest BCUT2D eigenvalue weighted by atomic mass is 32.2. The maximum Gasteiger partial charge on any atom is 0.260 e. The highest BCUT2D eigenvalue weighted by Crippen LogP contribution is 2.36. The van der Waals surface area contributed by atoms with Gasteiger partial charge in [0.25, 0.3) is 5.56 Å². The molecule has 3 aromatic rings. The van der Waals surface area contributed by atoms with E-state index in [0.717, 1.165) is 41.0 Å². The fourth-order valence-electron chi connectivity index (χ4n) is 3.75. The fourth-order valence-corrected chi connectivity index (χ4v) is 5.87. The monoisotopic (exact) mass is 428 g/mol. The van der Waals surface area contributed by atoms with E-state index in [1.165, 1.54) is 27.8 Å². The van der Waals surface area contributed by atoms with Gasteiger partial charge in [0.1, 0.15) is 10.6 Å². The number of aromatic amines is 1. The molecule has 1 aliphatic carbocycles. The number of hydrogen-bond acceptors (Lipinski definition) is 5. The number of nitrogens with zero attached hydrogens (tertiary/aromatic N) is 1. The van der Waals surface area contributed by atoms with E-state index in [2.05, 4.69) is 44.8 Å². The lowest BCUT2D eigenvalue weighted by Gasteiger charge is -2.19. The van der Waals surface area contributed by atoms with E-state index in [0.29, 0.717) is 17.7 Å². The van der Waals surface area contributed by atoms with Crippen LogP contribution in [0.4, 0.5) is 0 Å². The molecule has 1 aromatic carbocycles. The largest absolute Gasteiger partial charge is 0.493 e. The van der Waals surface area contributed by atoms with E-state index in [4.69, 9.17) is 9.72 Å². The number of aromatic nitrogens is 2. The molecule has 29 heavy (non-hydrogen) atoms. The number of aryl methyl sites for hydroxylation is 1. The summed E-state index contributed by atoms with van der Waals surface area (Å²) < 4.78 is 5.85. The molecule has 0 aliphatic heterocycles. The molecular formula is C23H28N2O2S2. The number of thioether (sulfide) groups is 1. The fraction of sp³-hybridized carbons (Fsp3) is 0.478. The Balaban J connectivity index is 1.38. The van der Waals surface area contributed by atoms with Crippen LogP contribution < -0.4 is 10.3 Å². The van der Waals surface area contributed by atoms with Gasteiger partial charge in [0, 0.05) is 10.6 Å². The average Bonchev–Trinajstić information content (AvgIpc) is 3.02. The molecule has 1 N–H and O–H groups in total. The highest BCUT2D eigenvalue weighted by molar-refractivity contribution is 7.99. The Labute approximate surface area is 180 Å². The van der Waals surface area contributed by atoms with Gasteiger partial charge in [-0.25, -0.2) is 4.98 Å². The van der Waals surface area contributed by atoms with Crippen LogP contribution in [-0.4, -0.2) is 22.3 Å². The maximum atomic E-state index is 12.6. The molecule has 0 radical (unpaired) electrons. The summed E-state index contributed by atoms with van der Waals surface area (Å²) in [6.45, 7) is 9.46. The second kappa shape index (κ2) is 8.15. The lowest BCUT2D eigenvalue weighted by molar-refractivity contribution is 0.343. The molecule has 0 saturated carbocycles.